The van der Waals surface area contributed by atoms with E-state index in [1.165, 1.54) is 14.2 Å². The largest absolute Gasteiger partial charge is 0.493 e. The number of amides is 3. The molecule has 0 saturated heterocycles. The molecule has 0 aliphatic rings. The minimum atomic E-state index is -0.380. The fraction of sp³-hybridized carbons (Fsp3) is 0.364. The van der Waals surface area contributed by atoms with Gasteiger partial charge < -0.3 is 29.7 Å². The normalized spacial score (nSPS) is 10.2. The highest BCUT2D eigenvalue weighted by Gasteiger charge is 2.16. The van der Waals surface area contributed by atoms with Gasteiger partial charge in [-0.1, -0.05) is 0 Å². The summed E-state index contributed by atoms with van der Waals surface area (Å²) in [6.45, 7) is 5.41. The lowest BCUT2D eigenvalue weighted by Gasteiger charge is -2.18. The van der Waals surface area contributed by atoms with Crippen LogP contribution < -0.4 is 24.8 Å². The second-order valence-corrected chi connectivity index (χ2v) is 6.36. The van der Waals surface area contributed by atoms with Gasteiger partial charge in [0.15, 0.2) is 11.5 Å². The fourth-order valence-corrected chi connectivity index (χ4v) is 3.04. The minimum absolute atomic E-state index is 0.0310. The van der Waals surface area contributed by atoms with Gasteiger partial charge in [-0.05, 0) is 50.2 Å². The summed E-state index contributed by atoms with van der Waals surface area (Å²) in [5.74, 6) is 1.48. The van der Waals surface area contributed by atoms with E-state index >= 15 is 0 Å². The van der Waals surface area contributed by atoms with Gasteiger partial charge in [-0.3, -0.25) is 4.79 Å². The van der Waals surface area contributed by atoms with Crippen molar-refractivity contribution in [2.45, 2.75) is 20.4 Å². The second-order valence-electron chi connectivity index (χ2n) is 6.36. The molecule has 2 aromatic rings. The number of carbonyl (C=O) groups excluding carboxylic acids is 2. The summed E-state index contributed by atoms with van der Waals surface area (Å²) < 4.78 is 16.0. The Bertz CT molecular complexity index is 864. The first-order chi connectivity index (χ1) is 14.5. The molecule has 30 heavy (non-hydrogen) atoms. The van der Waals surface area contributed by atoms with Crippen molar-refractivity contribution < 1.29 is 23.8 Å². The Morgan fingerprint density at radius 1 is 0.867 bits per heavy atom. The minimum Gasteiger partial charge on any atom is -0.493 e. The second kappa shape index (κ2) is 10.9. The average Bonchev–Trinajstić information content (AvgIpc) is 2.77. The number of benzene rings is 2. The van der Waals surface area contributed by atoms with Gasteiger partial charge in [0.1, 0.15) is 0 Å². The highest BCUT2D eigenvalue weighted by atomic mass is 16.5. The molecule has 8 nitrogen and oxygen atoms in total. The van der Waals surface area contributed by atoms with Crippen LogP contribution in [-0.4, -0.2) is 51.3 Å². The van der Waals surface area contributed by atoms with Gasteiger partial charge in [0.25, 0.3) is 5.91 Å². The van der Waals surface area contributed by atoms with Crippen LogP contribution in [0.25, 0.3) is 0 Å². The van der Waals surface area contributed by atoms with Crippen molar-refractivity contribution in [1.29, 1.82) is 0 Å². The Balaban J connectivity index is 2.01. The van der Waals surface area contributed by atoms with Crippen LogP contribution in [0.15, 0.2) is 36.4 Å². The number of nitrogens with zero attached hydrogens (tertiary/aromatic N) is 1. The zero-order valence-electron chi connectivity index (χ0n) is 18.1. The molecule has 8 heteroatoms. The third-order valence-corrected chi connectivity index (χ3v) is 4.67. The van der Waals surface area contributed by atoms with Gasteiger partial charge in [-0.2, -0.15) is 0 Å². The molecule has 162 valence electrons. The zero-order chi connectivity index (χ0) is 22.1. The molecule has 3 amide bonds. The fourth-order valence-electron chi connectivity index (χ4n) is 3.04. The van der Waals surface area contributed by atoms with Gasteiger partial charge in [0, 0.05) is 36.4 Å². The van der Waals surface area contributed by atoms with Crippen LogP contribution in [0.4, 0.5) is 10.5 Å². The molecule has 0 saturated carbocycles. The molecule has 0 aromatic heterocycles. The van der Waals surface area contributed by atoms with Crippen molar-refractivity contribution >= 4 is 17.6 Å². The third kappa shape index (κ3) is 5.34. The monoisotopic (exact) mass is 415 g/mol. The number of ether oxygens (including phenoxy) is 3. The molecule has 0 aliphatic heterocycles. The van der Waals surface area contributed by atoms with Crippen molar-refractivity contribution in [3.8, 4) is 17.2 Å². The van der Waals surface area contributed by atoms with Gasteiger partial charge >= 0.3 is 6.03 Å². The first-order valence-electron chi connectivity index (χ1n) is 9.70. The number of carbonyl (C=O) groups is 2. The maximum Gasteiger partial charge on any atom is 0.319 e. The number of nitrogens with one attached hydrogen (secondary N) is 2. The molecule has 0 atom stereocenters. The molecule has 0 unspecified atom stereocenters. The van der Waals surface area contributed by atoms with Crippen molar-refractivity contribution in [3.63, 3.8) is 0 Å². The lowest BCUT2D eigenvalue weighted by molar-refractivity contribution is 0.0773. The highest BCUT2D eigenvalue weighted by molar-refractivity contribution is 5.95. The third-order valence-electron chi connectivity index (χ3n) is 4.67. The van der Waals surface area contributed by atoms with E-state index in [9.17, 15) is 9.59 Å². The van der Waals surface area contributed by atoms with Gasteiger partial charge in [-0.25, -0.2) is 4.79 Å². The zero-order valence-corrected chi connectivity index (χ0v) is 18.1. The van der Waals surface area contributed by atoms with Crippen molar-refractivity contribution in [3.05, 3.63) is 47.5 Å². The smallest absolute Gasteiger partial charge is 0.319 e. The molecule has 2 aromatic carbocycles. The predicted molar refractivity (Wildman–Crippen MR) is 116 cm³/mol. The number of urea groups is 1. The van der Waals surface area contributed by atoms with Crippen LogP contribution in [0.2, 0.25) is 0 Å². The molecule has 0 aliphatic carbocycles. The Morgan fingerprint density at radius 3 is 2.03 bits per heavy atom. The maximum absolute atomic E-state index is 12.4. The lowest BCUT2D eigenvalue weighted by Crippen LogP contribution is -2.30. The van der Waals surface area contributed by atoms with E-state index in [4.69, 9.17) is 14.2 Å². The van der Waals surface area contributed by atoms with Crippen LogP contribution in [0.5, 0.6) is 17.2 Å². The number of hydrogen-bond donors (Lipinski definition) is 2. The molecule has 0 fully saturated rings. The van der Waals surface area contributed by atoms with E-state index in [2.05, 4.69) is 10.6 Å². The predicted octanol–water partition coefficient (Wildman–Crippen LogP) is 3.52. The molecule has 0 spiro atoms. The number of rotatable bonds is 9. The molecule has 0 heterocycles. The lowest BCUT2D eigenvalue weighted by atomic mass is 10.1. The average molecular weight is 415 g/mol. The molecule has 2 N–H and O–H groups in total. The summed E-state index contributed by atoms with van der Waals surface area (Å²) in [5.41, 5.74) is 1.91. The summed E-state index contributed by atoms with van der Waals surface area (Å²) in [6.07, 6.45) is 0. The first-order valence-corrected chi connectivity index (χ1v) is 9.70. The summed E-state index contributed by atoms with van der Waals surface area (Å²) in [7, 11) is 4.60. The Hall–Kier alpha value is -3.42. The Labute approximate surface area is 177 Å². The van der Waals surface area contributed by atoms with Crippen LogP contribution in [0, 0.1) is 0 Å². The molecular formula is C22H29N3O5. The Morgan fingerprint density at radius 2 is 1.50 bits per heavy atom. The number of methoxy groups -OCH3 is 3. The van der Waals surface area contributed by atoms with Crippen molar-refractivity contribution in [2.75, 3.05) is 39.7 Å². The van der Waals surface area contributed by atoms with Crippen LogP contribution in [0.1, 0.15) is 29.8 Å². The molecule has 0 bridgehead atoms. The quantitative estimate of drug-likeness (QED) is 0.654. The van der Waals surface area contributed by atoms with Crippen molar-refractivity contribution in [2.24, 2.45) is 0 Å². The summed E-state index contributed by atoms with van der Waals surface area (Å²) in [6, 6.07) is 9.98. The standard InChI is InChI=1S/C22H29N3O5/c1-6-25(7-2)21(26)15-8-11-17(12-9-15)24-22(27)23-14-16-10-13-18(28-3)20(30-5)19(16)29-4/h8-13H,6-7,14H2,1-5H3,(H2,23,24,27). The van der Waals surface area contributed by atoms with E-state index in [-0.39, 0.29) is 18.5 Å². The van der Waals surface area contributed by atoms with E-state index in [1.807, 2.05) is 13.8 Å². The topological polar surface area (TPSA) is 89.1 Å². The van der Waals surface area contributed by atoms with Crippen LogP contribution in [0.3, 0.4) is 0 Å². The van der Waals surface area contributed by atoms with Gasteiger partial charge in [0.2, 0.25) is 5.75 Å². The maximum atomic E-state index is 12.4. The van der Waals surface area contributed by atoms with E-state index in [0.29, 0.717) is 41.6 Å². The number of hydrogen-bond acceptors (Lipinski definition) is 5. The Kier molecular flexibility index (Phi) is 8.34. The molecular weight excluding hydrogens is 386 g/mol. The van der Waals surface area contributed by atoms with Gasteiger partial charge in [0.05, 0.1) is 21.3 Å². The van der Waals surface area contributed by atoms with Crippen LogP contribution >= 0.6 is 0 Å². The van der Waals surface area contributed by atoms with E-state index in [0.717, 1.165) is 5.56 Å². The SMILES string of the molecule is CCN(CC)C(=O)c1ccc(NC(=O)NCc2ccc(OC)c(OC)c2OC)cc1. The highest BCUT2D eigenvalue weighted by Crippen LogP contribution is 2.39. The van der Waals surface area contributed by atoms with E-state index < -0.39 is 0 Å². The summed E-state index contributed by atoms with van der Waals surface area (Å²) >= 11 is 0. The first kappa shape index (κ1) is 22.9. The van der Waals surface area contributed by atoms with E-state index in [1.54, 1.807) is 48.4 Å². The summed E-state index contributed by atoms with van der Waals surface area (Å²) in [5, 5.41) is 5.54. The van der Waals surface area contributed by atoms with Gasteiger partial charge in [-0.15, -0.1) is 0 Å². The molecule has 0 radical (unpaired) electrons. The van der Waals surface area contributed by atoms with Crippen LogP contribution in [-0.2, 0) is 6.54 Å². The summed E-state index contributed by atoms with van der Waals surface area (Å²) in [4.78, 5) is 26.4. The number of anilines is 1. The molecule has 2 rings (SSSR count). The van der Waals surface area contributed by atoms with Crippen molar-refractivity contribution in [1.82, 2.24) is 10.2 Å².